The topological polar surface area (TPSA) is 90.0 Å². The van der Waals surface area contributed by atoms with Gasteiger partial charge in [-0.05, 0) is 28.1 Å². The van der Waals surface area contributed by atoms with Gasteiger partial charge in [0.1, 0.15) is 5.82 Å². The highest BCUT2D eigenvalue weighted by atomic mass is 79.9. The number of aryl methyl sites for hydroxylation is 1. The molecule has 2 aromatic rings. The van der Waals surface area contributed by atoms with Crippen molar-refractivity contribution in [3.05, 3.63) is 49.9 Å². The van der Waals surface area contributed by atoms with Crippen LogP contribution in [0, 0.1) is 0 Å². The fourth-order valence-electron chi connectivity index (χ4n) is 1.52. The van der Waals surface area contributed by atoms with E-state index in [0.717, 1.165) is 0 Å². The zero-order valence-corrected chi connectivity index (χ0v) is 12.7. The predicted molar refractivity (Wildman–Crippen MR) is 81.0 cm³/mol. The molecule has 0 bridgehead atoms. The molecular weight excluding hydrogens is 348 g/mol. The highest BCUT2D eigenvalue weighted by Gasteiger charge is 2.10. The zero-order chi connectivity index (χ0) is 14.9. The lowest BCUT2D eigenvalue weighted by atomic mass is 10.2. The van der Waals surface area contributed by atoms with E-state index in [1.165, 1.54) is 29.1 Å². The quantitative estimate of drug-likeness (QED) is 0.860. The van der Waals surface area contributed by atoms with Crippen LogP contribution in [0.4, 0.5) is 11.5 Å². The highest BCUT2D eigenvalue weighted by Crippen LogP contribution is 2.18. The molecule has 3 N–H and O–H groups in total. The van der Waals surface area contributed by atoms with Gasteiger partial charge in [-0.15, -0.1) is 0 Å². The van der Waals surface area contributed by atoms with Crippen LogP contribution in [-0.2, 0) is 7.05 Å². The Bertz CT molecular complexity index is 718. The monoisotopic (exact) mass is 356 g/mol. The Morgan fingerprint density at radius 3 is 2.80 bits per heavy atom. The Balaban J connectivity index is 2.27. The predicted octanol–water partition coefficient (Wildman–Crippen LogP) is 2.03. The number of anilines is 2. The molecule has 2 aromatic heterocycles. The first-order valence-corrected chi connectivity index (χ1v) is 6.64. The number of carbonyl (C=O) groups is 1. The van der Waals surface area contributed by atoms with Gasteiger partial charge < -0.3 is 15.6 Å². The molecule has 2 heterocycles. The van der Waals surface area contributed by atoms with Gasteiger partial charge in [-0.25, -0.2) is 4.98 Å². The van der Waals surface area contributed by atoms with Crippen molar-refractivity contribution in [3.63, 3.8) is 0 Å². The van der Waals surface area contributed by atoms with Crippen LogP contribution in [0.5, 0.6) is 0 Å². The van der Waals surface area contributed by atoms with Crippen LogP contribution in [0.25, 0.3) is 0 Å². The molecule has 0 saturated heterocycles. The summed E-state index contributed by atoms with van der Waals surface area (Å²) in [4.78, 5) is 27.4. The molecule has 104 valence electrons. The number of pyridine rings is 2. The van der Waals surface area contributed by atoms with E-state index >= 15 is 0 Å². The maximum Gasteiger partial charge on any atom is 0.264 e. The molecule has 0 unspecified atom stereocenters. The average Bonchev–Trinajstić information content (AvgIpc) is 2.39. The summed E-state index contributed by atoms with van der Waals surface area (Å²) < 4.78 is 1.71. The molecule has 0 aromatic carbocycles. The summed E-state index contributed by atoms with van der Waals surface area (Å²) in [7, 11) is 1.59. The van der Waals surface area contributed by atoms with Gasteiger partial charge in [0.25, 0.3) is 11.5 Å². The molecule has 0 radical (unpaired) electrons. The van der Waals surface area contributed by atoms with E-state index in [4.69, 9.17) is 17.3 Å². The number of carbonyl (C=O) groups excluding carboxylic acids is 1. The van der Waals surface area contributed by atoms with Crippen LogP contribution < -0.4 is 16.6 Å². The Labute approximate surface area is 127 Å². The minimum Gasteiger partial charge on any atom is -0.382 e. The van der Waals surface area contributed by atoms with Crippen molar-refractivity contribution in [1.82, 2.24) is 9.55 Å². The largest absolute Gasteiger partial charge is 0.382 e. The fourth-order valence-corrected chi connectivity index (χ4v) is 2.21. The van der Waals surface area contributed by atoms with Crippen molar-refractivity contribution in [1.29, 1.82) is 0 Å². The molecule has 0 atom stereocenters. The molecule has 0 aliphatic rings. The van der Waals surface area contributed by atoms with Gasteiger partial charge in [0, 0.05) is 19.4 Å². The number of nitrogens with two attached hydrogens (primary N) is 1. The first kappa shape index (κ1) is 14.5. The lowest BCUT2D eigenvalue weighted by Gasteiger charge is -2.08. The SMILES string of the molecule is Cn1cc(NC(=O)c2cnc(N)c(Cl)c2)cc(Br)c1=O. The second-order valence-corrected chi connectivity index (χ2v) is 5.30. The van der Waals surface area contributed by atoms with E-state index in [1.54, 1.807) is 7.05 Å². The van der Waals surface area contributed by atoms with Gasteiger partial charge in [0.15, 0.2) is 0 Å². The van der Waals surface area contributed by atoms with E-state index in [9.17, 15) is 9.59 Å². The summed E-state index contributed by atoms with van der Waals surface area (Å²) >= 11 is 8.94. The minimum atomic E-state index is -0.398. The Morgan fingerprint density at radius 2 is 2.20 bits per heavy atom. The molecule has 0 spiro atoms. The van der Waals surface area contributed by atoms with Crippen LogP contribution in [0.15, 0.2) is 33.8 Å². The molecule has 2 rings (SSSR count). The Kier molecular flexibility index (Phi) is 4.10. The van der Waals surface area contributed by atoms with Gasteiger partial charge in [0.2, 0.25) is 0 Å². The summed E-state index contributed by atoms with van der Waals surface area (Å²) in [5.41, 5.74) is 6.03. The van der Waals surface area contributed by atoms with Crippen molar-refractivity contribution in [3.8, 4) is 0 Å². The van der Waals surface area contributed by atoms with Crippen LogP contribution >= 0.6 is 27.5 Å². The van der Waals surface area contributed by atoms with Crippen molar-refractivity contribution in [2.24, 2.45) is 7.05 Å². The average molecular weight is 358 g/mol. The van der Waals surface area contributed by atoms with Gasteiger partial charge in [-0.2, -0.15) is 0 Å². The molecule has 8 heteroatoms. The molecule has 6 nitrogen and oxygen atoms in total. The van der Waals surface area contributed by atoms with E-state index in [0.29, 0.717) is 10.2 Å². The van der Waals surface area contributed by atoms with Crippen LogP contribution in [0.3, 0.4) is 0 Å². The van der Waals surface area contributed by atoms with Crippen molar-refractivity contribution in [2.45, 2.75) is 0 Å². The van der Waals surface area contributed by atoms with Crippen molar-refractivity contribution in [2.75, 3.05) is 11.1 Å². The Hall–Kier alpha value is -1.86. The van der Waals surface area contributed by atoms with E-state index < -0.39 is 5.91 Å². The third-order valence-electron chi connectivity index (χ3n) is 2.53. The highest BCUT2D eigenvalue weighted by molar-refractivity contribution is 9.10. The fraction of sp³-hybridized carbons (Fsp3) is 0.0833. The van der Waals surface area contributed by atoms with E-state index in [2.05, 4.69) is 26.2 Å². The molecular formula is C12H10BrClN4O2. The first-order valence-electron chi connectivity index (χ1n) is 5.47. The number of rotatable bonds is 2. The molecule has 20 heavy (non-hydrogen) atoms. The maximum absolute atomic E-state index is 12.0. The molecule has 0 aliphatic heterocycles. The lowest BCUT2D eigenvalue weighted by molar-refractivity contribution is 0.102. The van der Waals surface area contributed by atoms with Crippen LogP contribution in [0.1, 0.15) is 10.4 Å². The summed E-state index contributed by atoms with van der Waals surface area (Å²) in [5.74, 6) is -0.238. The van der Waals surface area contributed by atoms with Crippen LogP contribution in [-0.4, -0.2) is 15.5 Å². The number of hydrogen-bond acceptors (Lipinski definition) is 4. The minimum absolute atomic E-state index is 0.160. The van der Waals surface area contributed by atoms with Gasteiger partial charge in [0.05, 0.1) is 20.7 Å². The molecule has 1 amide bonds. The van der Waals surface area contributed by atoms with Crippen molar-refractivity contribution < 1.29 is 4.79 Å². The van der Waals surface area contributed by atoms with Crippen LogP contribution in [0.2, 0.25) is 5.02 Å². The van der Waals surface area contributed by atoms with E-state index in [-0.39, 0.29) is 22.0 Å². The summed E-state index contributed by atoms with van der Waals surface area (Å²) in [6.45, 7) is 0. The maximum atomic E-state index is 12.0. The zero-order valence-electron chi connectivity index (χ0n) is 10.4. The number of nitrogens with one attached hydrogen (secondary N) is 1. The molecule has 0 aliphatic carbocycles. The van der Waals surface area contributed by atoms with Gasteiger partial charge in [-0.3, -0.25) is 9.59 Å². The summed E-state index contributed by atoms with van der Waals surface area (Å²) in [6.07, 6.45) is 2.84. The van der Waals surface area contributed by atoms with Gasteiger partial charge >= 0.3 is 0 Å². The molecule has 0 fully saturated rings. The number of aromatic nitrogens is 2. The Morgan fingerprint density at radius 1 is 1.50 bits per heavy atom. The normalized spacial score (nSPS) is 10.3. The molecule has 0 saturated carbocycles. The summed E-state index contributed by atoms with van der Waals surface area (Å²) in [6, 6.07) is 2.95. The smallest absolute Gasteiger partial charge is 0.264 e. The standard InChI is InChI=1S/C12H10BrClN4O2/c1-18-5-7(3-8(13)12(18)20)17-11(19)6-2-9(14)10(15)16-4-6/h2-5H,1H3,(H2,15,16)(H,17,19). The summed E-state index contributed by atoms with van der Waals surface area (Å²) in [5, 5.41) is 2.85. The lowest BCUT2D eigenvalue weighted by Crippen LogP contribution is -2.19. The second kappa shape index (κ2) is 5.64. The number of hydrogen-bond donors (Lipinski definition) is 2. The third-order valence-corrected chi connectivity index (χ3v) is 3.40. The third kappa shape index (κ3) is 3.00. The van der Waals surface area contributed by atoms with E-state index in [1.807, 2.05) is 0 Å². The number of halogens is 2. The van der Waals surface area contributed by atoms with Crippen molar-refractivity contribution >= 4 is 44.9 Å². The van der Waals surface area contributed by atoms with Gasteiger partial charge in [-0.1, -0.05) is 11.6 Å². The second-order valence-electron chi connectivity index (χ2n) is 4.04. The first-order chi connectivity index (χ1) is 9.38. The number of nitrogen functional groups attached to an aromatic ring is 1. The number of amides is 1. The number of nitrogens with zero attached hydrogens (tertiary/aromatic N) is 2.